The third-order valence-electron chi connectivity index (χ3n) is 2.21. The van der Waals surface area contributed by atoms with E-state index in [1.807, 2.05) is 0 Å². The molecule has 0 spiro atoms. The van der Waals surface area contributed by atoms with Crippen LogP contribution in [0, 0.1) is 5.82 Å². The van der Waals surface area contributed by atoms with Gasteiger partial charge < -0.3 is 15.3 Å². The summed E-state index contributed by atoms with van der Waals surface area (Å²) in [6.45, 7) is -0.406. The van der Waals surface area contributed by atoms with Gasteiger partial charge in [0, 0.05) is 4.91 Å². The topological polar surface area (TPSA) is 127 Å². The second kappa shape index (κ2) is 5.97. The highest BCUT2D eigenvalue weighted by molar-refractivity contribution is 5.87. The summed E-state index contributed by atoms with van der Waals surface area (Å²) in [5.74, 6) is -2.20. The zero-order chi connectivity index (χ0) is 13.7. The third kappa shape index (κ3) is 3.42. The maximum atomic E-state index is 13.1. The Labute approximate surface area is 101 Å². The summed E-state index contributed by atoms with van der Waals surface area (Å²) in [5.41, 5.74) is 7.61. The van der Waals surface area contributed by atoms with E-state index >= 15 is 0 Å². The number of carboxylic acids is 1. The lowest BCUT2D eigenvalue weighted by Crippen LogP contribution is -2.21. The minimum absolute atomic E-state index is 0.104. The average Bonchev–Trinajstić information content (AvgIpc) is 2.34. The number of azide groups is 1. The van der Waals surface area contributed by atoms with Crippen molar-refractivity contribution in [1.82, 2.24) is 0 Å². The first-order valence-electron chi connectivity index (χ1n) is 4.86. The van der Waals surface area contributed by atoms with Crippen LogP contribution in [-0.4, -0.2) is 33.9 Å². The minimum atomic E-state index is -1.54. The van der Waals surface area contributed by atoms with Gasteiger partial charge in [-0.25, -0.2) is 9.18 Å². The molecule has 0 heterocycles. The minimum Gasteiger partial charge on any atom is -0.478 e. The van der Waals surface area contributed by atoms with Crippen LogP contribution in [0.1, 0.15) is 22.0 Å². The van der Waals surface area contributed by atoms with Gasteiger partial charge in [-0.05, 0) is 29.3 Å². The maximum Gasteiger partial charge on any atom is 0.335 e. The molecule has 0 saturated heterocycles. The largest absolute Gasteiger partial charge is 0.478 e. The number of hydrogen-bond donors (Lipinski definition) is 3. The number of aliphatic hydroxyl groups excluding tert-OH is 2. The van der Waals surface area contributed by atoms with Crippen molar-refractivity contribution in [3.8, 4) is 0 Å². The van der Waals surface area contributed by atoms with Crippen molar-refractivity contribution < 1.29 is 24.5 Å². The lowest BCUT2D eigenvalue weighted by Gasteiger charge is -2.16. The summed E-state index contributed by atoms with van der Waals surface area (Å²) < 4.78 is 13.1. The predicted molar refractivity (Wildman–Crippen MR) is 58.3 cm³/mol. The molecule has 1 rings (SSSR count). The zero-order valence-electron chi connectivity index (χ0n) is 9.06. The first-order valence-corrected chi connectivity index (χ1v) is 4.86. The van der Waals surface area contributed by atoms with E-state index in [1.165, 1.54) is 0 Å². The Morgan fingerprint density at radius 1 is 1.44 bits per heavy atom. The van der Waals surface area contributed by atoms with E-state index in [2.05, 4.69) is 10.0 Å². The molecule has 1 aromatic rings. The molecule has 0 aromatic heterocycles. The smallest absolute Gasteiger partial charge is 0.335 e. The van der Waals surface area contributed by atoms with Crippen LogP contribution in [0.15, 0.2) is 23.3 Å². The molecule has 0 aliphatic rings. The number of carbonyl (C=O) groups is 1. The number of aliphatic hydroxyl groups is 2. The Morgan fingerprint density at radius 3 is 2.67 bits per heavy atom. The molecule has 7 nitrogen and oxygen atoms in total. The van der Waals surface area contributed by atoms with Gasteiger partial charge in [0.25, 0.3) is 0 Å². The van der Waals surface area contributed by atoms with E-state index in [9.17, 15) is 19.4 Å². The lowest BCUT2D eigenvalue weighted by molar-refractivity contribution is 0.0241. The molecule has 0 radical (unpaired) electrons. The molecule has 0 aliphatic carbocycles. The van der Waals surface area contributed by atoms with Crippen molar-refractivity contribution in [2.45, 2.75) is 12.2 Å². The number of aromatic carboxylic acids is 1. The number of hydrogen-bond acceptors (Lipinski definition) is 4. The van der Waals surface area contributed by atoms with Gasteiger partial charge in [-0.1, -0.05) is 5.11 Å². The summed E-state index contributed by atoms with van der Waals surface area (Å²) >= 11 is 0. The maximum absolute atomic E-state index is 13.1. The Bertz CT molecular complexity index is 502. The van der Waals surface area contributed by atoms with E-state index in [4.69, 9.17) is 10.6 Å². The van der Waals surface area contributed by atoms with Gasteiger partial charge in [0.2, 0.25) is 0 Å². The van der Waals surface area contributed by atoms with Crippen LogP contribution in [0.3, 0.4) is 0 Å². The summed E-state index contributed by atoms with van der Waals surface area (Å²) in [6.07, 6.45) is -2.98. The van der Waals surface area contributed by atoms with Crippen LogP contribution in [0.5, 0.6) is 0 Å². The Morgan fingerprint density at radius 2 is 2.11 bits per heavy atom. The third-order valence-corrected chi connectivity index (χ3v) is 2.21. The first-order chi connectivity index (χ1) is 8.45. The average molecular weight is 255 g/mol. The van der Waals surface area contributed by atoms with E-state index < -0.39 is 30.5 Å². The molecule has 0 bridgehead atoms. The van der Waals surface area contributed by atoms with Gasteiger partial charge in [-0.3, -0.25) is 0 Å². The number of nitrogens with zero attached hydrogens (tertiary/aromatic N) is 3. The molecule has 96 valence electrons. The molecule has 1 aromatic carbocycles. The number of halogens is 1. The monoisotopic (exact) mass is 255 g/mol. The highest BCUT2D eigenvalue weighted by atomic mass is 19.1. The predicted octanol–water partition coefficient (Wildman–Crippen LogP) is 1.23. The van der Waals surface area contributed by atoms with Crippen LogP contribution < -0.4 is 0 Å². The highest BCUT2D eigenvalue weighted by Gasteiger charge is 2.20. The van der Waals surface area contributed by atoms with Gasteiger partial charge in [-0.2, -0.15) is 0 Å². The van der Waals surface area contributed by atoms with Gasteiger partial charge in [-0.15, -0.1) is 0 Å². The Hall–Kier alpha value is -2.15. The number of rotatable bonds is 5. The molecule has 0 aliphatic heterocycles. The molecule has 0 saturated carbocycles. The fraction of sp³-hybridized carbons (Fsp3) is 0.300. The van der Waals surface area contributed by atoms with Crippen molar-refractivity contribution in [1.29, 1.82) is 0 Å². The van der Waals surface area contributed by atoms with Gasteiger partial charge in [0.15, 0.2) is 0 Å². The van der Waals surface area contributed by atoms with Crippen molar-refractivity contribution in [2.75, 3.05) is 6.54 Å². The number of benzene rings is 1. The van der Waals surface area contributed by atoms with Crippen LogP contribution in [0.2, 0.25) is 0 Å². The molecule has 0 amide bonds. The molecular formula is C10H10FN3O4. The van der Waals surface area contributed by atoms with Crippen LogP contribution >= 0.6 is 0 Å². The first kappa shape index (κ1) is 13.9. The zero-order valence-corrected chi connectivity index (χ0v) is 9.06. The second-order valence-corrected chi connectivity index (χ2v) is 3.50. The Balaban J connectivity index is 3.01. The standard InChI is InChI=1S/C10H10FN3O4/c11-7-2-5(1-6(3-7)10(17)18)9(16)8(15)4-13-14-12/h1-3,8-9,15-16H,4H2,(H,17,18). The van der Waals surface area contributed by atoms with E-state index in [1.54, 1.807) is 0 Å². The fourth-order valence-electron chi connectivity index (χ4n) is 1.35. The van der Waals surface area contributed by atoms with E-state index in [-0.39, 0.29) is 11.1 Å². The molecular weight excluding hydrogens is 245 g/mol. The van der Waals surface area contributed by atoms with Crippen molar-refractivity contribution in [2.24, 2.45) is 5.11 Å². The van der Waals surface area contributed by atoms with Crippen LogP contribution in [0.25, 0.3) is 10.4 Å². The van der Waals surface area contributed by atoms with Gasteiger partial charge in [0.1, 0.15) is 11.9 Å². The van der Waals surface area contributed by atoms with Gasteiger partial charge in [0.05, 0.1) is 18.2 Å². The molecule has 8 heteroatoms. The van der Waals surface area contributed by atoms with E-state index in [0.29, 0.717) is 0 Å². The fourth-order valence-corrected chi connectivity index (χ4v) is 1.35. The van der Waals surface area contributed by atoms with Crippen molar-refractivity contribution in [3.63, 3.8) is 0 Å². The number of carboxylic acid groups (broad SMARTS) is 1. The summed E-state index contributed by atoms with van der Waals surface area (Å²) in [7, 11) is 0. The highest BCUT2D eigenvalue weighted by Crippen LogP contribution is 2.20. The quantitative estimate of drug-likeness (QED) is 0.415. The lowest BCUT2D eigenvalue weighted by atomic mass is 10.0. The van der Waals surface area contributed by atoms with E-state index in [0.717, 1.165) is 18.2 Å². The summed E-state index contributed by atoms with van der Waals surface area (Å²) in [5, 5.41) is 30.9. The molecule has 2 atom stereocenters. The van der Waals surface area contributed by atoms with Crippen molar-refractivity contribution >= 4 is 5.97 Å². The SMILES string of the molecule is [N-]=[N+]=NCC(O)C(O)c1cc(F)cc(C(=O)O)c1. The Kier molecular flexibility index (Phi) is 4.61. The molecule has 0 fully saturated rings. The van der Waals surface area contributed by atoms with Gasteiger partial charge >= 0.3 is 5.97 Å². The molecule has 3 N–H and O–H groups in total. The van der Waals surface area contributed by atoms with Crippen LogP contribution in [-0.2, 0) is 0 Å². The van der Waals surface area contributed by atoms with Crippen LogP contribution in [0.4, 0.5) is 4.39 Å². The molecule has 2 unspecified atom stereocenters. The van der Waals surface area contributed by atoms with Crippen molar-refractivity contribution in [3.05, 3.63) is 45.6 Å². The molecule has 18 heavy (non-hydrogen) atoms. The summed E-state index contributed by atoms with van der Waals surface area (Å²) in [4.78, 5) is 13.1. The second-order valence-electron chi connectivity index (χ2n) is 3.50. The summed E-state index contributed by atoms with van der Waals surface area (Å²) in [6, 6.07) is 2.73. The normalized spacial score (nSPS) is 13.5.